The Morgan fingerprint density at radius 2 is 0.920 bits per heavy atom. The Labute approximate surface area is 293 Å². The highest BCUT2D eigenvalue weighted by atomic mass is 15.1. The highest BCUT2D eigenvalue weighted by Gasteiger charge is 2.17. The summed E-state index contributed by atoms with van der Waals surface area (Å²) >= 11 is 0. The molecular formula is C48H36N2. The summed E-state index contributed by atoms with van der Waals surface area (Å²) in [5, 5.41) is 5.09. The van der Waals surface area contributed by atoms with Crippen molar-refractivity contribution in [1.29, 1.82) is 0 Å². The van der Waals surface area contributed by atoms with Crippen LogP contribution in [0.1, 0.15) is 11.1 Å². The van der Waals surface area contributed by atoms with Gasteiger partial charge >= 0.3 is 0 Å². The first kappa shape index (κ1) is 29.7. The molecule has 1 aromatic heterocycles. The van der Waals surface area contributed by atoms with Crippen LogP contribution in [0.15, 0.2) is 182 Å². The first-order valence-electron chi connectivity index (χ1n) is 17.3. The van der Waals surface area contributed by atoms with Gasteiger partial charge in [0.15, 0.2) is 0 Å². The van der Waals surface area contributed by atoms with E-state index in [1.54, 1.807) is 0 Å². The van der Waals surface area contributed by atoms with E-state index in [1.807, 2.05) is 0 Å². The Hall–Kier alpha value is -6.38. The number of hydrogen-bond acceptors (Lipinski definition) is 1. The molecule has 0 unspecified atom stereocenters. The van der Waals surface area contributed by atoms with Crippen LogP contribution in [0.25, 0.3) is 60.5 Å². The second kappa shape index (κ2) is 12.3. The fourth-order valence-corrected chi connectivity index (χ4v) is 7.55. The smallest absolute Gasteiger partial charge is 0.0541 e. The molecule has 0 spiro atoms. The number of benzene rings is 8. The molecule has 0 atom stereocenters. The van der Waals surface area contributed by atoms with E-state index < -0.39 is 0 Å². The molecule has 0 bridgehead atoms. The third-order valence-electron chi connectivity index (χ3n) is 9.86. The zero-order valence-corrected chi connectivity index (χ0v) is 28.2. The summed E-state index contributed by atoms with van der Waals surface area (Å²) in [7, 11) is 0. The molecule has 9 aromatic rings. The van der Waals surface area contributed by atoms with Crippen LogP contribution in [0.5, 0.6) is 0 Å². The van der Waals surface area contributed by atoms with Gasteiger partial charge in [-0.15, -0.1) is 0 Å². The van der Waals surface area contributed by atoms with E-state index >= 15 is 0 Å². The predicted octanol–water partition coefficient (Wildman–Crippen LogP) is 13.4. The molecule has 0 N–H and O–H groups in total. The fraction of sp³-hybridized carbons (Fsp3) is 0.0417. The molecule has 238 valence electrons. The lowest BCUT2D eigenvalue weighted by Crippen LogP contribution is -2.10. The Kier molecular flexibility index (Phi) is 7.29. The Balaban J connectivity index is 1.17. The highest BCUT2D eigenvalue weighted by molar-refractivity contribution is 6.10. The third-order valence-corrected chi connectivity index (χ3v) is 9.86. The van der Waals surface area contributed by atoms with E-state index in [-0.39, 0.29) is 0 Å². The molecule has 0 amide bonds. The lowest BCUT2D eigenvalue weighted by molar-refractivity contribution is 1.17. The van der Waals surface area contributed by atoms with Gasteiger partial charge in [0, 0.05) is 33.5 Å². The molecule has 0 aliphatic heterocycles. The molecule has 0 aliphatic carbocycles. The van der Waals surface area contributed by atoms with Crippen LogP contribution < -0.4 is 4.90 Å². The van der Waals surface area contributed by atoms with E-state index in [0.717, 1.165) is 22.7 Å². The largest absolute Gasteiger partial charge is 0.310 e. The minimum Gasteiger partial charge on any atom is -0.310 e. The minimum atomic E-state index is 1.10. The Morgan fingerprint density at radius 3 is 1.54 bits per heavy atom. The van der Waals surface area contributed by atoms with Gasteiger partial charge in [0.25, 0.3) is 0 Å². The van der Waals surface area contributed by atoms with Gasteiger partial charge in [-0.2, -0.15) is 0 Å². The lowest BCUT2D eigenvalue weighted by Gasteiger charge is -2.26. The van der Waals surface area contributed by atoms with Crippen molar-refractivity contribution >= 4 is 49.6 Å². The van der Waals surface area contributed by atoms with Crippen LogP contribution in [0.3, 0.4) is 0 Å². The molecule has 0 saturated carbocycles. The van der Waals surface area contributed by atoms with Gasteiger partial charge < -0.3 is 9.47 Å². The van der Waals surface area contributed by atoms with E-state index in [9.17, 15) is 0 Å². The maximum Gasteiger partial charge on any atom is 0.0541 e. The Morgan fingerprint density at radius 1 is 0.400 bits per heavy atom. The number of hydrogen-bond donors (Lipinski definition) is 0. The number of aromatic nitrogens is 1. The molecule has 0 aliphatic rings. The quantitative estimate of drug-likeness (QED) is 0.176. The maximum atomic E-state index is 2.41. The van der Waals surface area contributed by atoms with Crippen molar-refractivity contribution in [3.05, 3.63) is 193 Å². The molecule has 8 aromatic carbocycles. The molecule has 50 heavy (non-hydrogen) atoms. The maximum absolute atomic E-state index is 2.41. The molecule has 2 nitrogen and oxygen atoms in total. The number of aryl methyl sites for hydroxylation is 2. The summed E-state index contributed by atoms with van der Waals surface area (Å²) in [6, 6.07) is 66.1. The lowest BCUT2D eigenvalue weighted by atomic mass is 9.91. The van der Waals surface area contributed by atoms with Crippen molar-refractivity contribution in [2.45, 2.75) is 13.8 Å². The molecule has 9 rings (SSSR count). The predicted molar refractivity (Wildman–Crippen MR) is 213 cm³/mol. The van der Waals surface area contributed by atoms with Crippen LogP contribution in [0.2, 0.25) is 0 Å². The topological polar surface area (TPSA) is 8.17 Å². The number of anilines is 3. The monoisotopic (exact) mass is 640 g/mol. The van der Waals surface area contributed by atoms with Crippen LogP contribution in [-0.4, -0.2) is 4.57 Å². The average Bonchev–Trinajstić information content (AvgIpc) is 3.48. The first-order chi connectivity index (χ1) is 24.6. The zero-order valence-electron chi connectivity index (χ0n) is 28.2. The second-order valence-electron chi connectivity index (χ2n) is 13.2. The first-order valence-corrected chi connectivity index (χ1v) is 17.3. The normalized spacial score (nSPS) is 11.4. The summed E-state index contributed by atoms with van der Waals surface area (Å²) in [5.41, 5.74) is 14.3. The summed E-state index contributed by atoms with van der Waals surface area (Å²) < 4.78 is 2.41. The number of fused-ring (bicyclic) bond motifs is 4. The Bertz CT molecular complexity index is 2590. The zero-order chi connectivity index (χ0) is 33.6. The van der Waals surface area contributed by atoms with E-state index in [4.69, 9.17) is 0 Å². The second-order valence-corrected chi connectivity index (χ2v) is 13.2. The third kappa shape index (κ3) is 5.14. The van der Waals surface area contributed by atoms with Crippen LogP contribution in [0, 0.1) is 13.8 Å². The van der Waals surface area contributed by atoms with Crippen LogP contribution >= 0.6 is 0 Å². The van der Waals surface area contributed by atoms with Gasteiger partial charge in [0.1, 0.15) is 0 Å². The minimum absolute atomic E-state index is 1.10. The van der Waals surface area contributed by atoms with Crippen molar-refractivity contribution in [1.82, 2.24) is 4.57 Å². The molecule has 0 fully saturated rings. The van der Waals surface area contributed by atoms with Gasteiger partial charge in [-0.25, -0.2) is 0 Å². The van der Waals surface area contributed by atoms with Gasteiger partial charge in [0.2, 0.25) is 0 Å². The van der Waals surface area contributed by atoms with E-state index in [2.05, 4.69) is 205 Å². The summed E-state index contributed by atoms with van der Waals surface area (Å²) in [5.74, 6) is 0. The molecule has 2 heteroatoms. The van der Waals surface area contributed by atoms with E-state index in [0.29, 0.717) is 0 Å². The summed E-state index contributed by atoms with van der Waals surface area (Å²) in [6.45, 7) is 4.34. The van der Waals surface area contributed by atoms with Crippen LogP contribution in [0.4, 0.5) is 17.1 Å². The SMILES string of the molecule is Cc1ccc2c(c1)c1cc(C)ccc1n2-c1cccc(N(c2ccccc2)c2ccc(-c3cccc4cccc(-c5ccccc5)c34)cc2)c1. The highest BCUT2D eigenvalue weighted by Crippen LogP contribution is 2.41. The van der Waals surface area contributed by atoms with Crippen molar-refractivity contribution in [3.8, 4) is 27.9 Å². The molecule has 1 heterocycles. The summed E-state index contributed by atoms with van der Waals surface area (Å²) in [6.07, 6.45) is 0. The van der Waals surface area contributed by atoms with Crippen LogP contribution in [-0.2, 0) is 0 Å². The van der Waals surface area contributed by atoms with Gasteiger partial charge in [0.05, 0.1) is 11.0 Å². The van der Waals surface area contributed by atoms with Gasteiger partial charge in [-0.3, -0.25) is 0 Å². The average molecular weight is 641 g/mol. The van der Waals surface area contributed by atoms with Gasteiger partial charge in [-0.05, 0) is 114 Å². The van der Waals surface area contributed by atoms with Crippen molar-refractivity contribution < 1.29 is 0 Å². The molecule has 0 radical (unpaired) electrons. The molecular weight excluding hydrogens is 605 g/mol. The number of rotatable bonds is 6. The fourth-order valence-electron chi connectivity index (χ4n) is 7.55. The number of nitrogens with zero attached hydrogens (tertiary/aromatic N) is 2. The standard InChI is InChI=1S/C48H36N2/c1-33-22-28-46-44(30-33)45-31-34(2)23-29-47(45)50(46)41-19-11-18-40(32-41)49(38-16-7-4-8-17-38)39-26-24-36(25-27-39)43-21-10-15-37-14-9-20-42(48(37)43)35-12-5-3-6-13-35/h3-32H,1-2H3. The molecule has 0 saturated heterocycles. The van der Waals surface area contributed by atoms with Gasteiger partial charge in [-0.1, -0.05) is 126 Å². The van der Waals surface area contributed by atoms with Crippen molar-refractivity contribution in [2.24, 2.45) is 0 Å². The van der Waals surface area contributed by atoms with Crippen molar-refractivity contribution in [2.75, 3.05) is 4.90 Å². The van der Waals surface area contributed by atoms with Crippen molar-refractivity contribution in [3.63, 3.8) is 0 Å². The number of para-hydroxylation sites is 1. The van der Waals surface area contributed by atoms with E-state index in [1.165, 1.54) is 66.0 Å². The summed E-state index contributed by atoms with van der Waals surface area (Å²) in [4.78, 5) is 2.36.